The fourth-order valence-electron chi connectivity index (χ4n) is 4.57. The smallest absolute Gasteiger partial charge is 0.229 e. The Morgan fingerprint density at radius 3 is 2.09 bits per heavy atom. The Bertz CT molecular complexity index is 1070. The summed E-state index contributed by atoms with van der Waals surface area (Å²) in [5, 5.41) is 7.03. The lowest BCUT2D eigenvalue weighted by Gasteiger charge is -2.53. The number of ether oxygens (including phenoxy) is 2. The number of hydrogen-bond donors (Lipinski definition) is 2. The highest BCUT2D eigenvalue weighted by Crippen LogP contribution is 2.38. The number of nitrogens with zero attached hydrogens (tertiary/aromatic N) is 3. The number of aromatic nitrogens is 2. The molecular weight excluding hydrogens is 454 g/mol. The van der Waals surface area contributed by atoms with Crippen LogP contribution < -0.4 is 20.1 Å². The molecule has 0 atom stereocenters. The van der Waals surface area contributed by atoms with E-state index in [-0.39, 0.29) is 17.1 Å². The fraction of sp³-hybridized carbons (Fsp3) is 0.556. The number of piperidine rings is 1. The average Bonchev–Trinajstić information content (AvgIpc) is 2.75. The zero-order valence-corrected chi connectivity index (χ0v) is 24.0. The van der Waals surface area contributed by atoms with Gasteiger partial charge in [0.15, 0.2) is 0 Å². The molecule has 0 amide bonds. The quantitative estimate of drug-likeness (QED) is 0.403. The molecule has 0 spiro atoms. The number of nitrogens with one attached hydrogen (secondary N) is 2. The summed E-state index contributed by atoms with van der Waals surface area (Å²) in [4.78, 5) is 11.9. The van der Waals surface area contributed by atoms with Gasteiger partial charge < -0.3 is 20.1 Å². The van der Waals surface area contributed by atoms with E-state index in [0.29, 0.717) is 17.4 Å². The van der Waals surface area contributed by atoms with Gasteiger partial charge in [0, 0.05) is 41.0 Å². The maximum absolute atomic E-state index is 5.40. The standard InChI is InChI=1S/C27H41N5O2Si/c1-26(2)16-21(17-27(3,4)32(26)5)29-24-19(11-12-35(8,9)10)18-28-25(31-24)30-20-13-22(33-6)15-23(14-20)34-7/h13-15,18,21H,16-17H2,1-10H3,(H2,28,29,30,31). The molecule has 35 heavy (non-hydrogen) atoms. The number of methoxy groups -OCH3 is 2. The first kappa shape index (κ1) is 26.8. The Kier molecular flexibility index (Phi) is 7.73. The summed E-state index contributed by atoms with van der Waals surface area (Å²) >= 11 is 0. The van der Waals surface area contributed by atoms with Crippen LogP contribution in [0.15, 0.2) is 24.4 Å². The molecule has 2 heterocycles. The van der Waals surface area contributed by atoms with Crippen molar-refractivity contribution < 1.29 is 9.47 Å². The molecule has 0 radical (unpaired) electrons. The number of hydrogen-bond acceptors (Lipinski definition) is 7. The third-order valence-corrected chi connectivity index (χ3v) is 7.49. The zero-order valence-electron chi connectivity index (χ0n) is 23.0. The molecule has 1 saturated heterocycles. The topological polar surface area (TPSA) is 71.5 Å². The van der Waals surface area contributed by atoms with E-state index >= 15 is 0 Å². The lowest BCUT2D eigenvalue weighted by Crippen LogP contribution is -2.61. The van der Waals surface area contributed by atoms with E-state index in [0.717, 1.165) is 29.9 Å². The van der Waals surface area contributed by atoms with E-state index in [1.165, 1.54) is 0 Å². The summed E-state index contributed by atoms with van der Waals surface area (Å²) in [6.45, 7) is 15.9. The van der Waals surface area contributed by atoms with Crippen molar-refractivity contribution >= 4 is 25.5 Å². The van der Waals surface area contributed by atoms with Gasteiger partial charge in [-0.3, -0.25) is 4.90 Å². The van der Waals surface area contributed by atoms with Gasteiger partial charge in [0.1, 0.15) is 25.4 Å². The van der Waals surface area contributed by atoms with Gasteiger partial charge in [-0.05, 0) is 47.6 Å². The van der Waals surface area contributed by atoms with Crippen molar-refractivity contribution in [1.29, 1.82) is 0 Å². The van der Waals surface area contributed by atoms with Gasteiger partial charge in [0.05, 0.1) is 26.0 Å². The Hall–Kier alpha value is -2.76. The molecule has 0 bridgehead atoms. The third kappa shape index (κ3) is 6.89. The molecule has 1 aromatic carbocycles. The largest absolute Gasteiger partial charge is 0.497 e. The van der Waals surface area contributed by atoms with E-state index in [2.05, 4.69) is 86.4 Å². The number of benzene rings is 1. The Morgan fingerprint density at radius 1 is 1.00 bits per heavy atom. The zero-order chi connectivity index (χ0) is 26.0. The summed E-state index contributed by atoms with van der Waals surface area (Å²) in [5.74, 6) is 6.01. The van der Waals surface area contributed by atoms with Crippen molar-refractivity contribution in [3.63, 3.8) is 0 Å². The molecule has 1 aliphatic rings. The van der Waals surface area contributed by atoms with Gasteiger partial charge in [-0.25, -0.2) is 4.98 Å². The van der Waals surface area contributed by atoms with E-state index in [1.807, 2.05) is 24.4 Å². The molecule has 8 heteroatoms. The normalized spacial score (nSPS) is 17.8. The van der Waals surface area contributed by atoms with Crippen LogP contribution in [0, 0.1) is 11.5 Å². The third-order valence-electron chi connectivity index (χ3n) is 6.62. The second-order valence-corrected chi connectivity index (χ2v) is 16.4. The highest BCUT2D eigenvalue weighted by Gasteiger charge is 2.43. The first-order chi connectivity index (χ1) is 16.2. The Morgan fingerprint density at radius 2 is 1.57 bits per heavy atom. The van der Waals surface area contributed by atoms with E-state index < -0.39 is 8.07 Å². The van der Waals surface area contributed by atoms with E-state index in [4.69, 9.17) is 14.5 Å². The van der Waals surface area contributed by atoms with E-state index in [9.17, 15) is 0 Å². The summed E-state index contributed by atoms with van der Waals surface area (Å²) < 4.78 is 10.8. The fourth-order valence-corrected chi connectivity index (χ4v) is 5.08. The number of likely N-dealkylation sites (tertiary alicyclic amines) is 1. The summed E-state index contributed by atoms with van der Waals surface area (Å²) in [7, 11) is 3.92. The molecule has 0 aliphatic carbocycles. The van der Waals surface area contributed by atoms with Crippen molar-refractivity contribution in [3.05, 3.63) is 30.0 Å². The molecule has 2 N–H and O–H groups in total. The van der Waals surface area contributed by atoms with Crippen molar-refractivity contribution in [2.24, 2.45) is 0 Å². The minimum absolute atomic E-state index is 0.0643. The van der Waals surface area contributed by atoms with Crippen molar-refractivity contribution in [2.75, 3.05) is 31.9 Å². The molecule has 1 fully saturated rings. The van der Waals surface area contributed by atoms with Crippen molar-refractivity contribution in [2.45, 2.75) is 77.3 Å². The van der Waals surface area contributed by atoms with Crippen LogP contribution in [0.2, 0.25) is 19.6 Å². The van der Waals surface area contributed by atoms with Crippen LogP contribution in [0.4, 0.5) is 17.5 Å². The molecule has 1 aromatic heterocycles. The van der Waals surface area contributed by atoms with Gasteiger partial charge in [-0.1, -0.05) is 25.6 Å². The van der Waals surface area contributed by atoms with Crippen LogP contribution in [0.5, 0.6) is 11.5 Å². The lowest BCUT2D eigenvalue weighted by atomic mass is 9.77. The summed E-state index contributed by atoms with van der Waals surface area (Å²) in [6, 6.07) is 5.88. The highest BCUT2D eigenvalue weighted by atomic mass is 28.3. The summed E-state index contributed by atoms with van der Waals surface area (Å²) in [6.07, 6.45) is 3.83. The molecule has 0 unspecified atom stereocenters. The summed E-state index contributed by atoms with van der Waals surface area (Å²) in [5.41, 5.74) is 5.21. The second kappa shape index (κ2) is 10.1. The maximum Gasteiger partial charge on any atom is 0.229 e. The van der Waals surface area contributed by atoms with Crippen LogP contribution in [-0.4, -0.2) is 61.3 Å². The molecule has 7 nitrogen and oxygen atoms in total. The highest BCUT2D eigenvalue weighted by molar-refractivity contribution is 6.83. The number of anilines is 3. The monoisotopic (exact) mass is 495 g/mol. The average molecular weight is 496 g/mol. The molecule has 190 valence electrons. The predicted molar refractivity (Wildman–Crippen MR) is 148 cm³/mol. The van der Waals surface area contributed by atoms with Crippen molar-refractivity contribution in [3.8, 4) is 23.0 Å². The minimum atomic E-state index is -1.56. The lowest BCUT2D eigenvalue weighted by molar-refractivity contribution is -0.00772. The van der Waals surface area contributed by atoms with Crippen LogP contribution in [0.1, 0.15) is 46.1 Å². The Balaban J connectivity index is 1.96. The molecule has 2 aromatic rings. The SMILES string of the molecule is COc1cc(Nc2ncc(C#C[Si](C)(C)C)c(NC3CC(C)(C)N(C)C(C)(C)C3)n2)cc(OC)c1. The predicted octanol–water partition coefficient (Wildman–Crippen LogP) is 5.53. The molecule has 0 saturated carbocycles. The second-order valence-electron chi connectivity index (χ2n) is 11.6. The molecule has 3 rings (SSSR count). The van der Waals surface area contributed by atoms with Crippen molar-refractivity contribution in [1.82, 2.24) is 14.9 Å². The van der Waals surface area contributed by atoms with Gasteiger partial charge in [-0.15, -0.1) is 5.54 Å². The van der Waals surface area contributed by atoms with Gasteiger partial charge in [-0.2, -0.15) is 4.98 Å². The molecule has 1 aliphatic heterocycles. The first-order valence-corrected chi connectivity index (χ1v) is 15.6. The van der Waals surface area contributed by atoms with E-state index in [1.54, 1.807) is 14.2 Å². The van der Waals surface area contributed by atoms with Gasteiger partial charge in [0.2, 0.25) is 5.95 Å². The van der Waals surface area contributed by atoms with Gasteiger partial charge in [0.25, 0.3) is 0 Å². The molecular formula is C27H41N5O2Si. The maximum atomic E-state index is 5.40. The van der Waals surface area contributed by atoms with Gasteiger partial charge >= 0.3 is 0 Å². The van der Waals surface area contributed by atoms with Crippen LogP contribution in [0.25, 0.3) is 0 Å². The van der Waals surface area contributed by atoms with Crippen LogP contribution in [0.3, 0.4) is 0 Å². The van der Waals surface area contributed by atoms with Crippen LogP contribution >= 0.6 is 0 Å². The Labute approximate surface area is 212 Å². The first-order valence-electron chi connectivity index (χ1n) is 12.1. The van der Waals surface area contributed by atoms with Crippen LogP contribution in [-0.2, 0) is 0 Å². The minimum Gasteiger partial charge on any atom is -0.497 e. The number of rotatable bonds is 6.